The molecule has 0 aliphatic carbocycles. The van der Waals surface area contributed by atoms with Crippen molar-refractivity contribution < 1.29 is 14.9 Å². The number of hydrogen-bond donors (Lipinski definition) is 3. The Kier molecular flexibility index (Phi) is 5.00. The number of fused-ring (bicyclic) bond motifs is 1. The first-order valence-corrected chi connectivity index (χ1v) is 8.51. The molecule has 3 rings (SSSR count). The van der Waals surface area contributed by atoms with Gasteiger partial charge in [-0.05, 0) is 23.3 Å². The third-order valence-corrected chi connectivity index (χ3v) is 4.33. The van der Waals surface area contributed by atoms with Crippen LogP contribution in [0.15, 0.2) is 48.5 Å². The Bertz CT molecular complexity index is 703. The number of aliphatic hydroxyl groups is 2. The van der Waals surface area contributed by atoms with Gasteiger partial charge in [0.15, 0.2) is 0 Å². The van der Waals surface area contributed by atoms with Crippen LogP contribution in [0.1, 0.15) is 22.8 Å². The van der Waals surface area contributed by atoms with E-state index in [0.717, 1.165) is 16.7 Å². The van der Waals surface area contributed by atoms with Crippen molar-refractivity contribution in [2.75, 3.05) is 10.6 Å². The monoisotopic (exact) mass is 375 g/mol. The van der Waals surface area contributed by atoms with E-state index in [9.17, 15) is 10.2 Å². The van der Waals surface area contributed by atoms with Crippen LogP contribution in [0.3, 0.4) is 0 Å². The number of anilines is 1. The molecular formula is C18H18BrNO3. The Morgan fingerprint density at radius 2 is 1.96 bits per heavy atom. The molecule has 1 heterocycles. The smallest absolute Gasteiger partial charge is 0.144 e. The third-order valence-electron chi connectivity index (χ3n) is 3.72. The highest BCUT2D eigenvalue weighted by atomic mass is 79.9. The van der Waals surface area contributed by atoms with Gasteiger partial charge in [0, 0.05) is 10.9 Å². The van der Waals surface area contributed by atoms with Crippen LogP contribution in [0.4, 0.5) is 5.69 Å². The number of rotatable bonds is 5. The normalized spacial score (nSPS) is 17.3. The third kappa shape index (κ3) is 3.58. The molecule has 0 radical (unpaired) electrons. The van der Waals surface area contributed by atoms with E-state index in [2.05, 4.69) is 21.2 Å². The first-order valence-electron chi connectivity index (χ1n) is 7.39. The van der Waals surface area contributed by atoms with Crippen LogP contribution in [0.2, 0.25) is 0 Å². The topological polar surface area (TPSA) is 61.7 Å². The summed E-state index contributed by atoms with van der Waals surface area (Å²) in [5, 5.41) is 23.4. The van der Waals surface area contributed by atoms with Gasteiger partial charge < -0.3 is 20.3 Å². The molecule has 120 valence electrons. The number of ether oxygens (including phenoxy) is 1. The maximum Gasteiger partial charge on any atom is 0.144 e. The zero-order valence-electron chi connectivity index (χ0n) is 12.4. The summed E-state index contributed by atoms with van der Waals surface area (Å²) < 4.78 is 5.91. The van der Waals surface area contributed by atoms with E-state index < -0.39 is 12.3 Å². The molecule has 23 heavy (non-hydrogen) atoms. The van der Waals surface area contributed by atoms with Crippen molar-refractivity contribution in [3.63, 3.8) is 0 Å². The summed E-state index contributed by atoms with van der Waals surface area (Å²) in [6.45, 7) is 0.440. The van der Waals surface area contributed by atoms with Crippen molar-refractivity contribution in [2.24, 2.45) is 0 Å². The van der Waals surface area contributed by atoms with E-state index in [1.807, 2.05) is 48.5 Å². The van der Waals surface area contributed by atoms with Crippen LogP contribution in [-0.4, -0.2) is 21.8 Å². The van der Waals surface area contributed by atoms with Crippen LogP contribution < -0.4 is 10.1 Å². The van der Waals surface area contributed by atoms with Gasteiger partial charge in [-0.3, -0.25) is 0 Å². The minimum Gasteiger partial charge on any atom is -0.487 e. The summed E-state index contributed by atoms with van der Waals surface area (Å²) in [5.74, 6) is 0.651. The fourth-order valence-corrected chi connectivity index (χ4v) is 2.91. The number of benzene rings is 2. The molecule has 0 saturated carbocycles. The van der Waals surface area contributed by atoms with E-state index in [-0.39, 0.29) is 0 Å². The van der Waals surface area contributed by atoms with Crippen molar-refractivity contribution in [1.29, 1.82) is 0 Å². The van der Waals surface area contributed by atoms with Crippen LogP contribution >= 0.6 is 15.9 Å². The van der Waals surface area contributed by atoms with Gasteiger partial charge in [-0.1, -0.05) is 58.4 Å². The zero-order valence-corrected chi connectivity index (χ0v) is 14.0. The number of alkyl halides is 1. The second kappa shape index (κ2) is 7.17. The molecule has 0 saturated heterocycles. The fourth-order valence-electron chi connectivity index (χ4n) is 2.56. The largest absolute Gasteiger partial charge is 0.487 e. The van der Waals surface area contributed by atoms with Crippen molar-refractivity contribution in [1.82, 2.24) is 0 Å². The summed E-state index contributed by atoms with van der Waals surface area (Å²) in [5.41, 5.74) is 3.40. The highest BCUT2D eigenvalue weighted by Crippen LogP contribution is 2.38. The van der Waals surface area contributed by atoms with E-state index in [0.29, 0.717) is 23.4 Å². The number of halogens is 1. The lowest BCUT2D eigenvalue weighted by Gasteiger charge is -2.24. The Morgan fingerprint density at radius 1 is 1.17 bits per heavy atom. The lowest BCUT2D eigenvalue weighted by atomic mass is 9.98. The van der Waals surface area contributed by atoms with Crippen LogP contribution in [0.5, 0.6) is 5.75 Å². The predicted octanol–water partition coefficient (Wildman–Crippen LogP) is 3.45. The molecule has 0 fully saturated rings. The maximum atomic E-state index is 10.1. The lowest BCUT2D eigenvalue weighted by molar-refractivity contribution is 0.204. The summed E-state index contributed by atoms with van der Waals surface area (Å²) in [6.07, 6.45) is 2.08. The number of aliphatic hydroxyl groups excluding tert-OH is 2. The first kappa shape index (κ1) is 16.1. The van der Waals surface area contributed by atoms with Gasteiger partial charge in [0.2, 0.25) is 0 Å². The molecule has 5 heteroatoms. The molecule has 0 aromatic heterocycles. The van der Waals surface area contributed by atoms with Crippen molar-refractivity contribution in [2.45, 2.75) is 18.9 Å². The molecule has 2 atom stereocenters. The molecule has 0 spiro atoms. The average molecular weight is 376 g/mol. The van der Waals surface area contributed by atoms with Gasteiger partial charge in [0.05, 0.1) is 11.8 Å². The second-order valence-corrected chi connectivity index (χ2v) is 5.98. The highest BCUT2D eigenvalue weighted by molar-refractivity contribution is 9.09. The Hall–Kier alpha value is -1.82. The Labute approximate surface area is 143 Å². The van der Waals surface area contributed by atoms with Gasteiger partial charge in [-0.15, -0.1) is 0 Å². The minimum absolute atomic E-state index is 0.440. The molecule has 3 N–H and O–H groups in total. The van der Waals surface area contributed by atoms with Gasteiger partial charge in [0.1, 0.15) is 18.6 Å². The summed E-state index contributed by atoms with van der Waals surface area (Å²) >= 11 is 3.30. The van der Waals surface area contributed by atoms with E-state index in [4.69, 9.17) is 4.74 Å². The quantitative estimate of drug-likeness (QED) is 0.700. The molecule has 0 bridgehead atoms. The highest BCUT2D eigenvalue weighted by Gasteiger charge is 2.21. The van der Waals surface area contributed by atoms with Crippen molar-refractivity contribution in [3.8, 4) is 5.75 Å². The minimum atomic E-state index is -0.766. The molecule has 1 unspecified atom stereocenters. The van der Waals surface area contributed by atoms with E-state index in [1.54, 1.807) is 6.08 Å². The molecule has 4 nitrogen and oxygen atoms in total. The summed E-state index contributed by atoms with van der Waals surface area (Å²) in [7, 11) is 0. The summed E-state index contributed by atoms with van der Waals surface area (Å²) in [4.78, 5) is 0. The number of nitrogens with one attached hydrogen (secondary N) is 1. The van der Waals surface area contributed by atoms with Crippen LogP contribution in [-0.2, 0) is 6.61 Å². The summed E-state index contributed by atoms with van der Waals surface area (Å²) in [6, 6.07) is 13.6. The molecule has 2 aromatic rings. The van der Waals surface area contributed by atoms with Gasteiger partial charge in [-0.25, -0.2) is 0 Å². The molecule has 1 aliphatic heterocycles. The Morgan fingerprint density at radius 3 is 2.70 bits per heavy atom. The average Bonchev–Trinajstić information content (AvgIpc) is 2.59. The zero-order chi connectivity index (χ0) is 16.2. The molecule has 1 aliphatic rings. The van der Waals surface area contributed by atoms with Gasteiger partial charge in [-0.2, -0.15) is 0 Å². The lowest BCUT2D eigenvalue weighted by Crippen LogP contribution is -2.21. The maximum absolute atomic E-state index is 10.1. The molecule has 2 aromatic carbocycles. The fraction of sp³-hybridized carbons (Fsp3) is 0.222. The van der Waals surface area contributed by atoms with Crippen LogP contribution in [0, 0.1) is 0 Å². The molecule has 0 amide bonds. The van der Waals surface area contributed by atoms with Gasteiger partial charge >= 0.3 is 0 Å². The first-order chi connectivity index (χ1) is 11.2. The Balaban J connectivity index is 1.91. The van der Waals surface area contributed by atoms with E-state index in [1.165, 1.54) is 0 Å². The number of hydrogen-bond acceptors (Lipinski definition) is 4. The standard InChI is InChI=1S/C18H18BrNO3/c19-10-15(21)13-6-8-16(18-14(13)7-9-17(22)20-18)23-11-12-4-2-1-3-5-12/h1-9,15,17,20-22H,10-11H2/t15-,17?/m0/s1. The van der Waals surface area contributed by atoms with Crippen molar-refractivity contribution in [3.05, 3.63) is 65.2 Å². The molecular weight excluding hydrogens is 358 g/mol. The van der Waals surface area contributed by atoms with Gasteiger partial charge in [0.25, 0.3) is 0 Å². The van der Waals surface area contributed by atoms with E-state index >= 15 is 0 Å². The predicted molar refractivity (Wildman–Crippen MR) is 94.6 cm³/mol. The SMILES string of the molecule is OC1C=Cc2c([C@@H](O)CBr)ccc(OCc3ccccc3)c2N1. The second-order valence-electron chi connectivity index (χ2n) is 5.33. The van der Waals surface area contributed by atoms with Crippen molar-refractivity contribution >= 4 is 27.7 Å². The van der Waals surface area contributed by atoms with Crippen LogP contribution in [0.25, 0.3) is 6.08 Å².